The maximum atomic E-state index is 5.49. The molecule has 0 bridgehead atoms. The molecular formula is C15H30N2O. The topological polar surface area (TPSA) is 24.5 Å². The van der Waals surface area contributed by atoms with E-state index in [4.69, 9.17) is 4.74 Å². The first kappa shape index (κ1) is 14.3. The normalized spacial score (nSPS) is 27.8. The second kappa shape index (κ2) is 6.36. The Labute approximate surface area is 112 Å². The van der Waals surface area contributed by atoms with Crippen molar-refractivity contribution in [3.8, 4) is 0 Å². The van der Waals surface area contributed by atoms with E-state index in [1.165, 1.54) is 51.9 Å². The van der Waals surface area contributed by atoms with Crippen molar-refractivity contribution in [1.82, 2.24) is 10.2 Å². The summed E-state index contributed by atoms with van der Waals surface area (Å²) < 4.78 is 5.49. The first-order valence-corrected chi connectivity index (χ1v) is 7.61. The summed E-state index contributed by atoms with van der Waals surface area (Å²) in [6, 6.07) is 0.822. The number of hydrogen-bond donors (Lipinski definition) is 1. The average Bonchev–Trinajstić information content (AvgIpc) is 2.91. The number of hydrogen-bond acceptors (Lipinski definition) is 3. The van der Waals surface area contributed by atoms with Crippen molar-refractivity contribution in [2.45, 2.75) is 57.6 Å². The molecule has 2 fully saturated rings. The van der Waals surface area contributed by atoms with Gasteiger partial charge in [0.25, 0.3) is 0 Å². The van der Waals surface area contributed by atoms with Gasteiger partial charge in [0.1, 0.15) is 0 Å². The molecule has 3 nitrogen and oxygen atoms in total. The van der Waals surface area contributed by atoms with Crippen LogP contribution in [0.3, 0.4) is 0 Å². The zero-order chi connectivity index (χ0) is 13.0. The zero-order valence-corrected chi connectivity index (χ0v) is 12.4. The quantitative estimate of drug-likeness (QED) is 0.814. The van der Waals surface area contributed by atoms with Crippen LogP contribution in [0, 0.1) is 5.92 Å². The number of nitrogens with one attached hydrogen (secondary N) is 1. The Morgan fingerprint density at radius 2 is 1.94 bits per heavy atom. The number of piperidine rings is 1. The molecule has 106 valence electrons. The van der Waals surface area contributed by atoms with Crippen molar-refractivity contribution < 1.29 is 4.74 Å². The van der Waals surface area contributed by atoms with E-state index in [1.807, 2.05) is 7.11 Å². The van der Waals surface area contributed by atoms with Crippen LogP contribution in [0.5, 0.6) is 0 Å². The van der Waals surface area contributed by atoms with E-state index in [-0.39, 0.29) is 5.60 Å². The number of likely N-dealkylation sites (tertiary alicyclic amines) is 1. The number of ether oxygens (including phenoxy) is 1. The van der Waals surface area contributed by atoms with Gasteiger partial charge in [-0.3, -0.25) is 0 Å². The van der Waals surface area contributed by atoms with Gasteiger partial charge in [0.15, 0.2) is 0 Å². The van der Waals surface area contributed by atoms with Gasteiger partial charge in [-0.15, -0.1) is 0 Å². The lowest BCUT2D eigenvalue weighted by molar-refractivity contribution is 0.00441. The molecule has 0 saturated carbocycles. The van der Waals surface area contributed by atoms with Crippen molar-refractivity contribution in [2.75, 3.05) is 33.3 Å². The molecular weight excluding hydrogens is 224 g/mol. The van der Waals surface area contributed by atoms with Crippen molar-refractivity contribution in [2.24, 2.45) is 5.92 Å². The van der Waals surface area contributed by atoms with Gasteiger partial charge in [-0.25, -0.2) is 0 Å². The molecule has 2 heterocycles. The molecule has 0 aromatic carbocycles. The molecule has 0 amide bonds. The molecule has 0 radical (unpaired) electrons. The third kappa shape index (κ3) is 3.94. The highest BCUT2D eigenvalue weighted by Crippen LogP contribution is 2.26. The molecule has 2 aliphatic heterocycles. The molecule has 0 aromatic rings. The summed E-state index contributed by atoms with van der Waals surface area (Å²) in [5, 5.41) is 3.67. The van der Waals surface area contributed by atoms with Gasteiger partial charge in [-0.2, -0.15) is 0 Å². The first-order valence-electron chi connectivity index (χ1n) is 7.61. The third-order valence-electron chi connectivity index (χ3n) is 4.88. The monoisotopic (exact) mass is 254 g/mol. The summed E-state index contributed by atoms with van der Waals surface area (Å²) in [6.45, 7) is 9.36. The summed E-state index contributed by atoms with van der Waals surface area (Å²) in [4.78, 5) is 2.62. The predicted molar refractivity (Wildman–Crippen MR) is 75.9 cm³/mol. The molecule has 0 spiro atoms. The lowest BCUT2D eigenvalue weighted by Gasteiger charge is -2.36. The van der Waals surface area contributed by atoms with Gasteiger partial charge in [0, 0.05) is 19.7 Å². The van der Waals surface area contributed by atoms with Crippen LogP contribution in [-0.2, 0) is 4.74 Å². The molecule has 3 heteroatoms. The fourth-order valence-electron chi connectivity index (χ4n) is 3.22. The molecule has 2 rings (SSSR count). The SMILES string of the molecule is COC(C)(C)CCN1CCC(C2CCCN2)CC1. The summed E-state index contributed by atoms with van der Waals surface area (Å²) in [5.41, 5.74) is 0.0316. The molecule has 2 aliphatic rings. The largest absolute Gasteiger partial charge is 0.379 e. The minimum Gasteiger partial charge on any atom is -0.379 e. The van der Waals surface area contributed by atoms with E-state index >= 15 is 0 Å². The minimum atomic E-state index is 0.0316. The van der Waals surface area contributed by atoms with E-state index in [2.05, 4.69) is 24.1 Å². The van der Waals surface area contributed by atoms with Crippen molar-refractivity contribution in [3.05, 3.63) is 0 Å². The number of nitrogens with zero attached hydrogens (tertiary/aromatic N) is 1. The minimum absolute atomic E-state index is 0.0316. The Morgan fingerprint density at radius 3 is 2.50 bits per heavy atom. The summed E-state index contributed by atoms with van der Waals surface area (Å²) in [7, 11) is 1.82. The van der Waals surface area contributed by atoms with Crippen LogP contribution >= 0.6 is 0 Å². The van der Waals surface area contributed by atoms with Crippen LogP contribution in [0.1, 0.15) is 46.0 Å². The van der Waals surface area contributed by atoms with Crippen molar-refractivity contribution in [3.63, 3.8) is 0 Å². The summed E-state index contributed by atoms with van der Waals surface area (Å²) in [6.07, 6.45) is 6.68. The number of methoxy groups -OCH3 is 1. The predicted octanol–water partition coefficient (Wildman–Crippen LogP) is 2.27. The smallest absolute Gasteiger partial charge is 0.0634 e. The van der Waals surface area contributed by atoms with Gasteiger partial charge < -0.3 is 15.0 Å². The van der Waals surface area contributed by atoms with Crippen LogP contribution in [0.25, 0.3) is 0 Å². The molecule has 0 aliphatic carbocycles. The molecule has 18 heavy (non-hydrogen) atoms. The van der Waals surface area contributed by atoms with Crippen LogP contribution in [-0.4, -0.2) is 49.8 Å². The van der Waals surface area contributed by atoms with Crippen LogP contribution in [0.4, 0.5) is 0 Å². The molecule has 0 aromatic heterocycles. The molecule has 1 atom stereocenters. The van der Waals surface area contributed by atoms with E-state index < -0.39 is 0 Å². The molecule has 1 unspecified atom stereocenters. The van der Waals surface area contributed by atoms with Gasteiger partial charge in [0.2, 0.25) is 0 Å². The van der Waals surface area contributed by atoms with Crippen LogP contribution < -0.4 is 5.32 Å². The van der Waals surface area contributed by atoms with Gasteiger partial charge in [-0.1, -0.05) is 0 Å². The van der Waals surface area contributed by atoms with Gasteiger partial charge >= 0.3 is 0 Å². The highest BCUT2D eigenvalue weighted by molar-refractivity contribution is 4.86. The second-order valence-electron chi connectivity index (χ2n) is 6.60. The lowest BCUT2D eigenvalue weighted by atomic mass is 9.88. The third-order valence-corrected chi connectivity index (χ3v) is 4.88. The summed E-state index contributed by atoms with van der Waals surface area (Å²) in [5.74, 6) is 0.930. The highest BCUT2D eigenvalue weighted by atomic mass is 16.5. The maximum Gasteiger partial charge on any atom is 0.0634 e. The zero-order valence-electron chi connectivity index (χ0n) is 12.4. The fraction of sp³-hybridized carbons (Fsp3) is 1.00. The Hall–Kier alpha value is -0.120. The fourth-order valence-corrected chi connectivity index (χ4v) is 3.22. The average molecular weight is 254 g/mol. The Kier molecular flexibility index (Phi) is 5.05. The standard InChI is InChI=1S/C15H30N2O/c1-15(2,18-3)8-12-17-10-6-13(7-11-17)14-5-4-9-16-14/h13-14,16H,4-12H2,1-3H3. The van der Waals surface area contributed by atoms with Crippen molar-refractivity contribution >= 4 is 0 Å². The van der Waals surface area contributed by atoms with Gasteiger partial charge in [0.05, 0.1) is 5.60 Å². The van der Waals surface area contributed by atoms with E-state index in [9.17, 15) is 0 Å². The van der Waals surface area contributed by atoms with Crippen LogP contribution in [0.2, 0.25) is 0 Å². The molecule has 1 N–H and O–H groups in total. The van der Waals surface area contributed by atoms with Crippen molar-refractivity contribution in [1.29, 1.82) is 0 Å². The maximum absolute atomic E-state index is 5.49. The van der Waals surface area contributed by atoms with Crippen LogP contribution in [0.15, 0.2) is 0 Å². The second-order valence-corrected chi connectivity index (χ2v) is 6.60. The van der Waals surface area contributed by atoms with E-state index in [0.717, 1.165) is 18.4 Å². The number of rotatable bonds is 5. The Balaban J connectivity index is 1.67. The highest BCUT2D eigenvalue weighted by Gasteiger charge is 2.28. The lowest BCUT2D eigenvalue weighted by Crippen LogP contribution is -2.42. The molecule has 2 saturated heterocycles. The summed E-state index contributed by atoms with van der Waals surface area (Å²) >= 11 is 0. The van der Waals surface area contributed by atoms with E-state index in [0.29, 0.717) is 0 Å². The Bertz CT molecular complexity index is 241. The first-order chi connectivity index (χ1) is 8.61. The van der Waals surface area contributed by atoms with E-state index in [1.54, 1.807) is 0 Å². The van der Waals surface area contributed by atoms with Gasteiger partial charge in [-0.05, 0) is 71.5 Å². The Morgan fingerprint density at radius 1 is 1.22 bits per heavy atom.